The molecule has 0 aromatic heterocycles. The van der Waals surface area contributed by atoms with Crippen LogP contribution in [0.3, 0.4) is 0 Å². The minimum Gasteiger partial charge on any atom is -0.442 e. The number of benzene rings is 1. The second-order valence-corrected chi connectivity index (χ2v) is 8.68. The molecule has 0 spiro atoms. The summed E-state index contributed by atoms with van der Waals surface area (Å²) >= 11 is 0. The molecule has 0 saturated carbocycles. The first-order chi connectivity index (χ1) is 15.6. The van der Waals surface area contributed by atoms with Gasteiger partial charge in [0, 0.05) is 44.9 Å². The largest absolute Gasteiger partial charge is 0.442 e. The third-order valence-corrected chi connectivity index (χ3v) is 5.99. The van der Waals surface area contributed by atoms with Crippen LogP contribution < -0.4 is 15.5 Å². The van der Waals surface area contributed by atoms with Crippen LogP contribution in [0, 0.1) is 11.6 Å². The number of anilines is 1. The molecule has 12 heteroatoms. The van der Waals surface area contributed by atoms with E-state index >= 15 is 0 Å². The monoisotopic (exact) mass is 465 g/mol. The minimum absolute atomic E-state index is 0.0253. The number of halogens is 2. The van der Waals surface area contributed by atoms with Gasteiger partial charge in [0.2, 0.25) is 11.8 Å². The van der Waals surface area contributed by atoms with Gasteiger partial charge in [0.25, 0.3) is 0 Å². The predicted molar refractivity (Wildman–Crippen MR) is 112 cm³/mol. The average Bonchev–Trinajstić information content (AvgIpc) is 2.67. The van der Waals surface area contributed by atoms with Gasteiger partial charge in [-0.25, -0.2) is 18.4 Å². The highest BCUT2D eigenvalue weighted by Crippen LogP contribution is 2.33. The van der Waals surface area contributed by atoms with Crippen molar-refractivity contribution in [3.05, 3.63) is 29.3 Å². The number of nitrogens with zero attached hydrogens (tertiary/aromatic N) is 3. The molecule has 1 unspecified atom stereocenters. The van der Waals surface area contributed by atoms with E-state index in [-0.39, 0.29) is 36.6 Å². The minimum atomic E-state index is -1.05. The van der Waals surface area contributed by atoms with Gasteiger partial charge in [0.15, 0.2) is 0 Å². The molecular weight excluding hydrogens is 440 g/mol. The zero-order chi connectivity index (χ0) is 23.9. The molecule has 3 saturated heterocycles. The summed E-state index contributed by atoms with van der Waals surface area (Å²) in [5.74, 6) is -3.91. The molecule has 0 bridgehead atoms. The SMILES string of the molecule is CN(C)C(=O)N1CC(OC(=O)NC2CN(c3cc(F)c(C4CCC(=O)NC4=O)c(F)c3)C2)C1. The lowest BCUT2D eigenvalue weighted by molar-refractivity contribution is -0.134. The highest BCUT2D eigenvalue weighted by molar-refractivity contribution is 6.01. The number of urea groups is 1. The fourth-order valence-electron chi connectivity index (χ4n) is 4.14. The average molecular weight is 465 g/mol. The summed E-state index contributed by atoms with van der Waals surface area (Å²) < 4.78 is 34.6. The molecule has 1 aromatic carbocycles. The van der Waals surface area contributed by atoms with Crippen molar-refractivity contribution < 1.29 is 32.7 Å². The molecule has 3 heterocycles. The standard InChI is InChI=1S/C21H25F2N5O5/c1-26(2)21(32)28-9-13(10-28)33-20(31)24-11-7-27(8-11)12-5-15(22)18(16(23)6-12)14-3-4-17(29)25-19(14)30/h5-6,11,13-14H,3-4,7-10H2,1-2H3,(H,24,31)(H,25,29,30). The van der Waals surface area contributed by atoms with Crippen LogP contribution in [0.15, 0.2) is 12.1 Å². The summed E-state index contributed by atoms with van der Waals surface area (Å²) in [4.78, 5) is 51.7. The number of ether oxygens (including phenoxy) is 1. The van der Waals surface area contributed by atoms with E-state index in [1.165, 1.54) is 4.90 Å². The van der Waals surface area contributed by atoms with Crippen molar-refractivity contribution in [3.63, 3.8) is 0 Å². The Kier molecular flexibility index (Phi) is 6.09. The zero-order valence-corrected chi connectivity index (χ0v) is 18.3. The second kappa shape index (κ2) is 8.83. The Morgan fingerprint density at radius 1 is 1.12 bits per heavy atom. The van der Waals surface area contributed by atoms with Gasteiger partial charge in [-0.15, -0.1) is 0 Å². The van der Waals surface area contributed by atoms with E-state index in [0.717, 1.165) is 12.1 Å². The first-order valence-corrected chi connectivity index (χ1v) is 10.6. The molecular formula is C21H25F2N5O5. The summed E-state index contributed by atoms with van der Waals surface area (Å²) in [6.07, 6.45) is -0.893. The van der Waals surface area contributed by atoms with E-state index in [1.54, 1.807) is 23.9 Å². The van der Waals surface area contributed by atoms with Crippen LogP contribution >= 0.6 is 0 Å². The third kappa shape index (κ3) is 4.69. The van der Waals surface area contributed by atoms with Crippen LogP contribution in [-0.2, 0) is 14.3 Å². The van der Waals surface area contributed by atoms with Gasteiger partial charge < -0.3 is 24.8 Å². The Hall–Kier alpha value is -3.44. The highest BCUT2D eigenvalue weighted by atomic mass is 19.1. The second-order valence-electron chi connectivity index (χ2n) is 8.68. The quantitative estimate of drug-likeness (QED) is 0.636. The van der Waals surface area contributed by atoms with E-state index in [2.05, 4.69) is 10.6 Å². The van der Waals surface area contributed by atoms with Crippen LogP contribution in [0.1, 0.15) is 24.3 Å². The Morgan fingerprint density at radius 3 is 2.33 bits per heavy atom. The topological polar surface area (TPSA) is 111 Å². The molecule has 1 atom stereocenters. The first kappa shape index (κ1) is 22.7. The van der Waals surface area contributed by atoms with Crippen LogP contribution in [0.2, 0.25) is 0 Å². The van der Waals surface area contributed by atoms with Gasteiger partial charge in [-0.1, -0.05) is 0 Å². The highest BCUT2D eigenvalue weighted by Gasteiger charge is 2.37. The fourth-order valence-corrected chi connectivity index (χ4v) is 4.14. The Morgan fingerprint density at radius 2 is 1.76 bits per heavy atom. The number of amides is 5. The molecule has 5 amide bonds. The molecule has 4 rings (SSSR count). The number of imide groups is 1. The number of nitrogens with one attached hydrogen (secondary N) is 2. The molecule has 0 aliphatic carbocycles. The van der Waals surface area contributed by atoms with Crippen molar-refractivity contribution in [2.24, 2.45) is 0 Å². The van der Waals surface area contributed by atoms with Crippen LogP contribution in [0.4, 0.5) is 24.1 Å². The molecule has 0 radical (unpaired) electrons. The lowest BCUT2D eigenvalue weighted by Crippen LogP contribution is -2.62. The third-order valence-electron chi connectivity index (χ3n) is 5.99. The van der Waals surface area contributed by atoms with Gasteiger partial charge in [-0.05, 0) is 18.6 Å². The summed E-state index contributed by atoms with van der Waals surface area (Å²) in [5.41, 5.74) is -0.0471. The normalized spacial score (nSPS) is 21.2. The van der Waals surface area contributed by atoms with Crippen molar-refractivity contribution in [3.8, 4) is 0 Å². The molecule has 10 nitrogen and oxygen atoms in total. The number of hydrogen-bond donors (Lipinski definition) is 2. The lowest BCUT2D eigenvalue weighted by Gasteiger charge is -2.42. The van der Waals surface area contributed by atoms with E-state index in [1.807, 2.05) is 0 Å². The molecule has 2 N–H and O–H groups in total. The van der Waals surface area contributed by atoms with Crippen molar-refractivity contribution >= 4 is 29.6 Å². The van der Waals surface area contributed by atoms with E-state index in [0.29, 0.717) is 31.9 Å². The number of hydrogen-bond acceptors (Lipinski definition) is 6. The van der Waals surface area contributed by atoms with Crippen LogP contribution in [0.25, 0.3) is 0 Å². The van der Waals surface area contributed by atoms with Crippen molar-refractivity contribution in [1.29, 1.82) is 0 Å². The number of likely N-dealkylation sites (tertiary alicyclic amines) is 1. The van der Waals surface area contributed by atoms with Gasteiger partial charge in [-0.2, -0.15) is 0 Å². The first-order valence-electron chi connectivity index (χ1n) is 10.6. The summed E-state index contributed by atoms with van der Waals surface area (Å²) in [6, 6.07) is 1.91. The molecule has 33 heavy (non-hydrogen) atoms. The molecule has 1 aromatic rings. The molecule has 3 aliphatic heterocycles. The van der Waals surface area contributed by atoms with E-state index < -0.39 is 35.5 Å². The molecule has 3 aliphatic rings. The van der Waals surface area contributed by atoms with Crippen molar-refractivity contribution in [1.82, 2.24) is 20.4 Å². The van der Waals surface area contributed by atoms with Crippen LogP contribution in [0.5, 0.6) is 0 Å². The Bertz CT molecular complexity index is 968. The maximum Gasteiger partial charge on any atom is 0.407 e. The van der Waals surface area contributed by atoms with Crippen molar-refractivity contribution in [2.75, 3.05) is 45.2 Å². The zero-order valence-electron chi connectivity index (χ0n) is 18.3. The maximum absolute atomic E-state index is 14.7. The predicted octanol–water partition coefficient (Wildman–Crippen LogP) is 0.766. The smallest absolute Gasteiger partial charge is 0.407 e. The fraction of sp³-hybridized carbons (Fsp3) is 0.524. The lowest BCUT2D eigenvalue weighted by atomic mass is 9.89. The van der Waals surface area contributed by atoms with Crippen LogP contribution in [-0.4, -0.2) is 86.2 Å². The van der Waals surface area contributed by atoms with E-state index in [9.17, 15) is 28.0 Å². The number of carbonyl (C=O) groups is 4. The summed E-state index contributed by atoms with van der Waals surface area (Å²) in [7, 11) is 3.29. The number of piperidine rings is 1. The Labute approximate surface area is 188 Å². The molecule has 3 fully saturated rings. The van der Waals surface area contributed by atoms with Gasteiger partial charge in [-0.3, -0.25) is 14.9 Å². The van der Waals surface area contributed by atoms with Crippen molar-refractivity contribution in [2.45, 2.75) is 30.9 Å². The Balaban J connectivity index is 1.26. The molecule has 178 valence electrons. The van der Waals surface area contributed by atoms with E-state index in [4.69, 9.17) is 4.74 Å². The number of alkyl carbamates (subject to hydrolysis) is 1. The van der Waals surface area contributed by atoms with Gasteiger partial charge >= 0.3 is 12.1 Å². The number of rotatable bonds is 4. The summed E-state index contributed by atoms with van der Waals surface area (Å²) in [6.45, 7) is 1.34. The van der Waals surface area contributed by atoms with Gasteiger partial charge in [0.05, 0.1) is 25.0 Å². The number of carbonyl (C=O) groups excluding carboxylic acids is 4. The maximum atomic E-state index is 14.7. The van der Waals surface area contributed by atoms with Gasteiger partial charge in [0.1, 0.15) is 17.7 Å². The summed E-state index contributed by atoms with van der Waals surface area (Å²) in [5, 5.41) is 4.80.